The van der Waals surface area contributed by atoms with Gasteiger partial charge in [-0.2, -0.15) is 0 Å². The lowest BCUT2D eigenvalue weighted by atomic mass is 10.3. The predicted octanol–water partition coefficient (Wildman–Crippen LogP) is 3.51. The Morgan fingerprint density at radius 1 is 1.42 bits per heavy atom. The Morgan fingerprint density at radius 3 is 2.79 bits per heavy atom. The first-order valence-corrected chi connectivity index (χ1v) is 7.03. The fourth-order valence-corrected chi connectivity index (χ4v) is 2.39. The molecule has 0 atom stereocenters. The SMILES string of the molecule is CN(C)c1ncc(CNc2cc(Cl)ccc2Br)n1C. The zero-order valence-electron chi connectivity index (χ0n) is 11.1. The molecule has 4 nitrogen and oxygen atoms in total. The minimum Gasteiger partial charge on any atom is -0.378 e. The maximum Gasteiger partial charge on any atom is 0.204 e. The lowest BCUT2D eigenvalue weighted by Gasteiger charge is -2.13. The molecule has 0 aliphatic heterocycles. The summed E-state index contributed by atoms with van der Waals surface area (Å²) in [5.41, 5.74) is 2.08. The molecule has 6 heteroatoms. The predicted molar refractivity (Wildman–Crippen MR) is 84.0 cm³/mol. The number of benzene rings is 1. The minimum absolute atomic E-state index is 0.691. The lowest BCUT2D eigenvalue weighted by molar-refractivity contribution is 0.814. The van der Waals surface area contributed by atoms with Crippen molar-refractivity contribution in [1.82, 2.24) is 9.55 Å². The van der Waals surface area contributed by atoms with E-state index in [1.54, 1.807) is 0 Å². The molecule has 0 bridgehead atoms. The van der Waals surface area contributed by atoms with Gasteiger partial charge in [-0.1, -0.05) is 11.6 Å². The molecule has 0 amide bonds. The monoisotopic (exact) mass is 342 g/mol. The van der Waals surface area contributed by atoms with Gasteiger partial charge in [-0.15, -0.1) is 0 Å². The molecule has 2 rings (SSSR count). The summed E-state index contributed by atoms with van der Waals surface area (Å²) in [5, 5.41) is 4.07. The first kappa shape index (κ1) is 14.2. The number of nitrogens with one attached hydrogen (secondary N) is 1. The van der Waals surface area contributed by atoms with Crippen LogP contribution in [0.4, 0.5) is 11.6 Å². The molecule has 1 aromatic carbocycles. The minimum atomic E-state index is 0.691. The highest BCUT2D eigenvalue weighted by molar-refractivity contribution is 9.10. The van der Waals surface area contributed by atoms with Crippen LogP contribution in [0.15, 0.2) is 28.9 Å². The van der Waals surface area contributed by atoms with Crippen LogP contribution in [-0.4, -0.2) is 23.6 Å². The van der Waals surface area contributed by atoms with Crippen LogP contribution in [0.25, 0.3) is 0 Å². The fraction of sp³-hybridized carbons (Fsp3) is 0.308. The highest BCUT2D eigenvalue weighted by Gasteiger charge is 2.08. The molecule has 0 unspecified atom stereocenters. The van der Waals surface area contributed by atoms with Crippen LogP contribution >= 0.6 is 27.5 Å². The van der Waals surface area contributed by atoms with Crippen molar-refractivity contribution in [2.75, 3.05) is 24.3 Å². The Bertz CT molecular complexity index is 580. The second-order valence-electron chi connectivity index (χ2n) is 4.48. The molecule has 1 heterocycles. The molecule has 2 aromatic rings. The summed E-state index contributed by atoms with van der Waals surface area (Å²) < 4.78 is 3.05. The maximum absolute atomic E-state index is 5.99. The molecule has 0 spiro atoms. The molecule has 0 fully saturated rings. The van der Waals surface area contributed by atoms with E-state index in [2.05, 4.69) is 30.8 Å². The third-order valence-electron chi connectivity index (χ3n) is 2.85. The number of hydrogen-bond acceptors (Lipinski definition) is 3. The second kappa shape index (κ2) is 5.84. The first-order chi connectivity index (χ1) is 8.99. The van der Waals surface area contributed by atoms with E-state index in [1.165, 1.54) is 0 Å². The number of nitrogens with zero attached hydrogens (tertiary/aromatic N) is 3. The average molecular weight is 344 g/mol. The number of hydrogen-bond donors (Lipinski definition) is 1. The molecule has 1 aromatic heterocycles. The number of aromatic nitrogens is 2. The van der Waals surface area contributed by atoms with Crippen molar-refractivity contribution in [2.24, 2.45) is 7.05 Å². The fourth-order valence-electron chi connectivity index (χ4n) is 1.83. The molecular formula is C13H16BrClN4. The van der Waals surface area contributed by atoms with Gasteiger partial charge < -0.3 is 14.8 Å². The summed E-state index contributed by atoms with van der Waals surface area (Å²) in [6, 6.07) is 5.68. The first-order valence-electron chi connectivity index (χ1n) is 5.86. The van der Waals surface area contributed by atoms with Crippen LogP contribution < -0.4 is 10.2 Å². The number of imidazole rings is 1. The second-order valence-corrected chi connectivity index (χ2v) is 5.77. The third kappa shape index (κ3) is 3.22. The number of halogens is 2. The Kier molecular flexibility index (Phi) is 4.37. The van der Waals surface area contributed by atoms with E-state index >= 15 is 0 Å². The van der Waals surface area contributed by atoms with E-state index in [9.17, 15) is 0 Å². The van der Waals surface area contributed by atoms with E-state index in [1.807, 2.05) is 50.4 Å². The molecule has 0 saturated heterocycles. The summed E-state index contributed by atoms with van der Waals surface area (Å²) in [7, 11) is 5.96. The van der Waals surface area contributed by atoms with Gasteiger partial charge in [0.25, 0.3) is 0 Å². The molecular weight excluding hydrogens is 328 g/mol. The normalized spacial score (nSPS) is 10.6. The Morgan fingerprint density at radius 2 is 2.16 bits per heavy atom. The zero-order chi connectivity index (χ0) is 14.0. The Labute approximate surface area is 126 Å². The molecule has 0 saturated carbocycles. The smallest absolute Gasteiger partial charge is 0.204 e. The number of rotatable bonds is 4. The Balaban J connectivity index is 2.12. The quantitative estimate of drug-likeness (QED) is 0.922. The van der Waals surface area contributed by atoms with Crippen molar-refractivity contribution in [3.63, 3.8) is 0 Å². The van der Waals surface area contributed by atoms with E-state index in [0.717, 1.165) is 21.8 Å². The van der Waals surface area contributed by atoms with E-state index < -0.39 is 0 Å². The van der Waals surface area contributed by atoms with Crippen LogP contribution in [0.3, 0.4) is 0 Å². The van der Waals surface area contributed by atoms with E-state index in [0.29, 0.717) is 11.6 Å². The number of anilines is 2. The Hall–Kier alpha value is -1.20. The summed E-state index contributed by atoms with van der Waals surface area (Å²) in [5.74, 6) is 0.932. The third-order valence-corrected chi connectivity index (χ3v) is 3.77. The van der Waals surface area contributed by atoms with E-state index in [-0.39, 0.29) is 0 Å². The van der Waals surface area contributed by atoms with Gasteiger partial charge >= 0.3 is 0 Å². The van der Waals surface area contributed by atoms with Crippen molar-refractivity contribution >= 4 is 39.2 Å². The van der Waals surface area contributed by atoms with Crippen molar-refractivity contribution in [2.45, 2.75) is 6.54 Å². The molecule has 0 radical (unpaired) electrons. The van der Waals surface area contributed by atoms with Gasteiger partial charge in [-0.05, 0) is 34.1 Å². The molecule has 0 aliphatic rings. The van der Waals surface area contributed by atoms with Gasteiger partial charge in [0.2, 0.25) is 5.95 Å². The molecule has 102 valence electrons. The van der Waals surface area contributed by atoms with Crippen LogP contribution in [0.1, 0.15) is 5.69 Å². The van der Waals surface area contributed by atoms with Crippen LogP contribution in [-0.2, 0) is 13.6 Å². The lowest BCUT2D eigenvalue weighted by Crippen LogP contribution is -2.15. The largest absolute Gasteiger partial charge is 0.378 e. The van der Waals surface area contributed by atoms with Gasteiger partial charge in [0.1, 0.15) is 0 Å². The summed E-state index contributed by atoms with van der Waals surface area (Å²) >= 11 is 9.49. The van der Waals surface area contributed by atoms with Gasteiger partial charge in [0.15, 0.2) is 0 Å². The maximum atomic E-state index is 5.99. The van der Waals surface area contributed by atoms with Crippen molar-refractivity contribution in [3.8, 4) is 0 Å². The molecule has 0 aliphatic carbocycles. The zero-order valence-corrected chi connectivity index (χ0v) is 13.5. The highest BCUT2D eigenvalue weighted by atomic mass is 79.9. The molecule has 19 heavy (non-hydrogen) atoms. The van der Waals surface area contributed by atoms with Gasteiger partial charge in [0.05, 0.1) is 24.1 Å². The highest BCUT2D eigenvalue weighted by Crippen LogP contribution is 2.26. The van der Waals surface area contributed by atoms with Crippen molar-refractivity contribution < 1.29 is 0 Å². The summed E-state index contributed by atoms with van der Waals surface area (Å²) in [6.07, 6.45) is 1.88. The summed E-state index contributed by atoms with van der Waals surface area (Å²) in [4.78, 5) is 6.36. The van der Waals surface area contributed by atoms with Crippen molar-refractivity contribution in [1.29, 1.82) is 0 Å². The van der Waals surface area contributed by atoms with Gasteiger partial charge in [-0.3, -0.25) is 0 Å². The topological polar surface area (TPSA) is 33.1 Å². The van der Waals surface area contributed by atoms with Crippen LogP contribution in [0, 0.1) is 0 Å². The van der Waals surface area contributed by atoms with Crippen LogP contribution in [0.5, 0.6) is 0 Å². The average Bonchev–Trinajstić information content (AvgIpc) is 2.72. The van der Waals surface area contributed by atoms with E-state index in [4.69, 9.17) is 11.6 Å². The summed E-state index contributed by atoms with van der Waals surface area (Å²) in [6.45, 7) is 0.691. The van der Waals surface area contributed by atoms with Gasteiger partial charge in [-0.25, -0.2) is 4.98 Å². The van der Waals surface area contributed by atoms with Gasteiger partial charge in [0, 0.05) is 30.6 Å². The van der Waals surface area contributed by atoms with Crippen LogP contribution in [0.2, 0.25) is 5.02 Å². The van der Waals surface area contributed by atoms with Crippen molar-refractivity contribution in [3.05, 3.63) is 39.6 Å². The standard InChI is InChI=1S/C13H16BrClN4/c1-18(2)13-17-8-10(19(13)3)7-16-12-6-9(15)4-5-11(12)14/h4-6,8,16H,7H2,1-3H3. The molecule has 1 N–H and O–H groups in total.